The lowest BCUT2D eigenvalue weighted by Gasteiger charge is -2.42. The van der Waals surface area contributed by atoms with E-state index in [1.165, 1.54) is 11.3 Å². The molecule has 0 saturated carbocycles. The predicted octanol–water partition coefficient (Wildman–Crippen LogP) is 3.00. The Kier molecular flexibility index (Phi) is 9.72. The monoisotopic (exact) mass is 545 g/mol. The zero-order chi connectivity index (χ0) is 27.1. The molecule has 38 heavy (non-hydrogen) atoms. The van der Waals surface area contributed by atoms with Crippen molar-refractivity contribution in [3.05, 3.63) is 40.4 Å². The zero-order valence-corrected chi connectivity index (χ0v) is 23.6. The van der Waals surface area contributed by atoms with Crippen molar-refractivity contribution in [2.75, 3.05) is 69.9 Å². The fourth-order valence-electron chi connectivity index (χ4n) is 4.73. The van der Waals surface area contributed by atoms with Gasteiger partial charge >= 0.3 is 0 Å². The average Bonchev–Trinajstić information content (AvgIpc) is 3.56. The molecule has 2 aliphatic heterocycles. The van der Waals surface area contributed by atoms with E-state index in [1.807, 2.05) is 19.1 Å². The van der Waals surface area contributed by atoms with Gasteiger partial charge in [-0.05, 0) is 44.9 Å². The van der Waals surface area contributed by atoms with Crippen molar-refractivity contribution >= 4 is 34.0 Å². The van der Waals surface area contributed by atoms with E-state index in [1.54, 1.807) is 18.6 Å². The number of morpholine rings is 1. The van der Waals surface area contributed by atoms with Gasteiger partial charge in [-0.3, -0.25) is 14.5 Å². The topological polar surface area (TPSA) is 105 Å². The van der Waals surface area contributed by atoms with Crippen LogP contribution >= 0.6 is 11.3 Å². The maximum absolute atomic E-state index is 13.1. The molecule has 0 spiro atoms. The van der Waals surface area contributed by atoms with Gasteiger partial charge in [0, 0.05) is 57.4 Å². The fraction of sp³-hybridized carbons (Fsp3) is 0.593. The van der Waals surface area contributed by atoms with Crippen molar-refractivity contribution in [3.8, 4) is 0 Å². The Balaban J connectivity index is 1.49. The summed E-state index contributed by atoms with van der Waals surface area (Å²) >= 11 is 1.44. The number of hydrogen-bond acceptors (Lipinski definition) is 9. The van der Waals surface area contributed by atoms with Crippen molar-refractivity contribution < 1.29 is 23.8 Å². The molecule has 2 saturated heterocycles. The molecule has 0 unspecified atom stereocenters. The highest BCUT2D eigenvalue weighted by atomic mass is 32.1. The van der Waals surface area contributed by atoms with E-state index in [2.05, 4.69) is 39.3 Å². The summed E-state index contributed by atoms with van der Waals surface area (Å²) in [4.78, 5) is 35.3. The molecule has 10 nitrogen and oxygen atoms in total. The van der Waals surface area contributed by atoms with Gasteiger partial charge in [-0.15, -0.1) is 11.3 Å². The summed E-state index contributed by atoms with van der Waals surface area (Å²) in [5.41, 5.74) is 2.07. The molecule has 11 heteroatoms. The van der Waals surface area contributed by atoms with E-state index in [4.69, 9.17) is 14.2 Å². The van der Waals surface area contributed by atoms with Crippen LogP contribution < -0.4 is 15.5 Å². The first kappa shape index (κ1) is 28.4. The highest BCUT2D eigenvalue weighted by Crippen LogP contribution is 2.28. The van der Waals surface area contributed by atoms with E-state index in [0.717, 1.165) is 36.8 Å². The number of benzene rings is 1. The molecule has 2 N–H and O–H groups in total. The third kappa shape index (κ3) is 7.09. The number of rotatable bonds is 11. The molecule has 2 aliphatic rings. The molecule has 1 aromatic carbocycles. The lowest BCUT2D eigenvalue weighted by Crippen LogP contribution is -2.52. The minimum Gasteiger partial charge on any atom is -0.383 e. The highest BCUT2D eigenvalue weighted by Gasteiger charge is 2.31. The largest absolute Gasteiger partial charge is 0.383 e. The van der Waals surface area contributed by atoms with Crippen LogP contribution in [-0.2, 0) is 20.8 Å². The van der Waals surface area contributed by atoms with Crippen molar-refractivity contribution in [1.29, 1.82) is 0 Å². The van der Waals surface area contributed by atoms with Crippen LogP contribution in [0.4, 0.5) is 10.8 Å². The number of nitrogens with zero attached hydrogens (tertiary/aromatic N) is 3. The molecule has 0 radical (unpaired) electrons. The van der Waals surface area contributed by atoms with Crippen LogP contribution in [0.2, 0.25) is 0 Å². The van der Waals surface area contributed by atoms with E-state index in [9.17, 15) is 9.59 Å². The number of aromatic nitrogens is 1. The van der Waals surface area contributed by atoms with Gasteiger partial charge in [0.15, 0.2) is 5.13 Å². The standard InChI is InChI=1S/C27H39N5O5S/c1-5-37-20-8-10-31(16-20)26-30-23(17-38-26)25(34)29-22-7-6-19(14-21(22)24(33)28-9-12-35-4)15-32-11-13-36-18-27(32,2)3/h6-7,14,17,20H,5,8-13,15-16,18H2,1-4H3,(H,28,33)(H,29,34)/t20-/m1/s1. The quantitative estimate of drug-likeness (QED) is 0.415. The Morgan fingerprint density at radius 2 is 2.11 bits per heavy atom. The van der Waals surface area contributed by atoms with Gasteiger partial charge in [-0.1, -0.05) is 6.07 Å². The van der Waals surface area contributed by atoms with Gasteiger partial charge < -0.3 is 29.7 Å². The lowest BCUT2D eigenvalue weighted by molar-refractivity contribution is -0.0552. The van der Waals surface area contributed by atoms with Crippen LogP contribution in [0.3, 0.4) is 0 Å². The zero-order valence-electron chi connectivity index (χ0n) is 22.7. The molecule has 2 aromatic rings. The van der Waals surface area contributed by atoms with Gasteiger partial charge in [0.2, 0.25) is 0 Å². The molecule has 0 aliphatic carbocycles. The number of ether oxygens (including phenoxy) is 3. The highest BCUT2D eigenvalue weighted by molar-refractivity contribution is 7.14. The summed E-state index contributed by atoms with van der Waals surface area (Å²) < 4.78 is 16.4. The van der Waals surface area contributed by atoms with Crippen LogP contribution in [0.5, 0.6) is 0 Å². The van der Waals surface area contributed by atoms with Crippen molar-refractivity contribution in [3.63, 3.8) is 0 Å². The minimum atomic E-state index is -0.346. The van der Waals surface area contributed by atoms with Gasteiger partial charge in [0.25, 0.3) is 11.8 Å². The number of carbonyl (C=O) groups excluding carboxylic acids is 2. The van der Waals surface area contributed by atoms with Crippen molar-refractivity contribution in [2.24, 2.45) is 0 Å². The Bertz CT molecular complexity index is 1110. The Morgan fingerprint density at radius 1 is 1.26 bits per heavy atom. The molecule has 208 valence electrons. The fourth-order valence-corrected chi connectivity index (χ4v) is 5.57. The summed E-state index contributed by atoms with van der Waals surface area (Å²) in [6.07, 6.45) is 1.15. The number of methoxy groups -OCH3 is 1. The normalized spacial score (nSPS) is 19.5. The smallest absolute Gasteiger partial charge is 0.275 e. The van der Waals surface area contributed by atoms with Crippen LogP contribution in [0, 0.1) is 0 Å². The van der Waals surface area contributed by atoms with E-state index < -0.39 is 0 Å². The second kappa shape index (κ2) is 13.0. The Hall–Kier alpha value is -2.57. The van der Waals surface area contributed by atoms with Gasteiger partial charge in [0.05, 0.1) is 37.2 Å². The van der Waals surface area contributed by atoms with Crippen LogP contribution in [0.1, 0.15) is 53.6 Å². The lowest BCUT2D eigenvalue weighted by atomic mass is 10.00. The molecule has 4 rings (SSSR count). The summed E-state index contributed by atoms with van der Waals surface area (Å²) in [5.74, 6) is -0.612. The number of thiazole rings is 1. The molecular formula is C27H39N5O5S. The van der Waals surface area contributed by atoms with Gasteiger partial charge in [0.1, 0.15) is 5.69 Å². The van der Waals surface area contributed by atoms with Gasteiger partial charge in [-0.2, -0.15) is 0 Å². The Labute approximate surface area is 228 Å². The second-order valence-electron chi connectivity index (χ2n) is 10.2. The molecule has 2 amide bonds. The van der Waals surface area contributed by atoms with Crippen molar-refractivity contribution in [2.45, 2.75) is 45.4 Å². The minimum absolute atomic E-state index is 0.105. The number of anilines is 2. The maximum atomic E-state index is 13.1. The first-order valence-corrected chi connectivity index (χ1v) is 14.0. The number of carbonyl (C=O) groups is 2. The summed E-state index contributed by atoms with van der Waals surface area (Å²) in [6, 6.07) is 5.61. The van der Waals surface area contributed by atoms with E-state index in [0.29, 0.717) is 56.5 Å². The molecular weight excluding hydrogens is 506 g/mol. The molecule has 1 atom stereocenters. The van der Waals surface area contributed by atoms with Crippen LogP contribution in [0.15, 0.2) is 23.6 Å². The third-order valence-electron chi connectivity index (χ3n) is 6.90. The van der Waals surface area contributed by atoms with Crippen LogP contribution in [0.25, 0.3) is 0 Å². The number of nitrogens with one attached hydrogen (secondary N) is 2. The predicted molar refractivity (Wildman–Crippen MR) is 148 cm³/mol. The maximum Gasteiger partial charge on any atom is 0.275 e. The first-order chi connectivity index (χ1) is 18.3. The molecule has 1 aromatic heterocycles. The molecule has 2 fully saturated rings. The summed E-state index contributed by atoms with van der Waals surface area (Å²) in [7, 11) is 1.59. The summed E-state index contributed by atoms with van der Waals surface area (Å²) in [5, 5.41) is 8.35. The molecule has 3 heterocycles. The van der Waals surface area contributed by atoms with Gasteiger partial charge in [-0.25, -0.2) is 4.98 Å². The first-order valence-electron chi connectivity index (χ1n) is 13.2. The van der Waals surface area contributed by atoms with Crippen molar-refractivity contribution in [1.82, 2.24) is 15.2 Å². The Morgan fingerprint density at radius 3 is 2.87 bits per heavy atom. The van der Waals surface area contributed by atoms with Crippen LogP contribution in [-0.4, -0.2) is 93.1 Å². The number of amides is 2. The molecule has 0 bridgehead atoms. The summed E-state index contributed by atoms with van der Waals surface area (Å²) in [6.45, 7) is 12.2. The van der Waals surface area contributed by atoms with E-state index >= 15 is 0 Å². The third-order valence-corrected chi connectivity index (χ3v) is 7.80. The number of hydrogen-bond donors (Lipinski definition) is 2. The second-order valence-corrected chi connectivity index (χ2v) is 11.0. The average molecular weight is 546 g/mol. The SMILES string of the molecule is CCO[C@@H]1CCN(c2nc(C(=O)Nc3ccc(CN4CCOCC4(C)C)cc3C(=O)NCCOC)cs2)C1. The van der Waals surface area contributed by atoms with E-state index in [-0.39, 0.29) is 23.5 Å².